The van der Waals surface area contributed by atoms with Crippen LogP contribution >= 0.6 is 11.6 Å². The molecule has 1 atom stereocenters. The summed E-state index contributed by atoms with van der Waals surface area (Å²) in [6.45, 7) is 0.652. The molecule has 1 saturated heterocycles. The number of likely N-dealkylation sites (tertiary alicyclic amines) is 1. The summed E-state index contributed by atoms with van der Waals surface area (Å²) in [4.78, 5) is 19.7. The van der Waals surface area contributed by atoms with Gasteiger partial charge in [-0.15, -0.1) is 0 Å². The third-order valence-electron chi connectivity index (χ3n) is 5.33. The Kier molecular flexibility index (Phi) is 4.87. The fourth-order valence-corrected chi connectivity index (χ4v) is 4.14. The molecule has 2 heterocycles. The highest BCUT2D eigenvalue weighted by Crippen LogP contribution is 2.33. The Morgan fingerprint density at radius 2 is 2.04 bits per heavy atom. The Labute approximate surface area is 162 Å². The third kappa shape index (κ3) is 3.32. The average Bonchev–Trinajstić information content (AvgIpc) is 3.01. The van der Waals surface area contributed by atoms with Gasteiger partial charge in [-0.1, -0.05) is 29.8 Å². The van der Waals surface area contributed by atoms with Crippen LogP contribution in [0.4, 0.5) is 4.39 Å². The van der Waals surface area contributed by atoms with E-state index in [-0.39, 0.29) is 23.9 Å². The molecule has 4 rings (SSSR count). The van der Waals surface area contributed by atoms with Crippen molar-refractivity contribution >= 4 is 28.5 Å². The first kappa shape index (κ1) is 18.0. The minimum Gasteiger partial charge on any atom is -0.332 e. The number of rotatable bonds is 3. The van der Waals surface area contributed by atoms with Gasteiger partial charge in [-0.2, -0.15) is 0 Å². The lowest BCUT2D eigenvalue weighted by Gasteiger charge is -2.35. The highest BCUT2D eigenvalue weighted by Gasteiger charge is 2.31. The normalized spacial score (nSPS) is 17.4. The first-order valence-corrected chi connectivity index (χ1v) is 9.58. The number of hydrogen-bond acceptors (Lipinski definition) is 2. The van der Waals surface area contributed by atoms with Crippen molar-refractivity contribution in [3.8, 4) is 0 Å². The Hall–Kier alpha value is -2.40. The van der Waals surface area contributed by atoms with Gasteiger partial charge in [-0.25, -0.2) is 9.37 Å². The van der Waals surface area contributed by atoms with Gasteiger partial charge in [0, 0.05) is 24.2 Å². The quantitative estimate of drug-likeness (QED) is 0.657. The van der Waals surface area contributed by atoms with Crippen LogP contribution in [0.15, 0.2) is 42.5 Å². The number of para-hydroxylation sites is 2. The number of benzene rings is 2. The van der Waals surface area contributed by atoms with Gasteiger partial charge in [-0.05, 0) is 43.5 Å². The first-order valence-electron chi connectivity index (χ1n) is 9.20. The summed E-state index contributed by atoms with van der Waals surface area (Å²) < 4.78 is 16.2. The topological polar surface area (TPSA) is 38.1 Å². The van der Waals surface area contributed by atoms with Gasteiger partial charge in [0.05, 0.1) is 23.5 Å². The van der Waals surface area contributed by atoms with Crippen LogP contribution in [-0.2, 0) is 18.3 Å². The second-order valence-electron chi connectivity index (χ2n) is 6.99. The van der Waals surface area contributed by atoms with Crippen molar-refractivity contribution in [3.05, 3.63) is 64.7 Å². The number of imidazole rings is 1. The monoisotopic (exact) mass is 385 g/mol. The maximum Gasteiger partial charge on any atom is 0.227 e. The van der Waals surface area contributed by atoms with Crippen LogP contribution in [0.3, 0.4) is 0 Å². The maximum absolute atomic E-state index is 14.1. The van der Waals surface area contributed by atoms with Crippen molar-refractivity contribution in [1.82, 2.24) is 14.5 Å². The van der Waals surface area contributed by atoms with Gasteiger partial charge in [0.25, 0.3) is 0 Å². The summed E-state index contributed by atoms with van der Waals surface area (Å²) in [6.07, 6.45) is 2.80. The molecule has 27 heavy (non-hydrogen) atoms. The molecule has 0 radical (unpaired) electrons. The van der Waals surface area contributed by atoms with E-state index in [4.69, 9.17) is 16.6 Å². The van der Waals surface area contributed by atoms with E-state index in [9.17, 15) is 9.18 Å². The van der Waals surface area contributed by atoms with E-state index in [1.165, 1.54) is 6.07 Å². The summed E-state index contributed by atoms with van der Waals surface area (Å²) >= 11 is 6.12. The van der Waals surface area contributed by atoms with Crippen LogP contribution in [0.5, 0.6) is 0 Å². The second-order valence-corrected chi connectivity index (χ2v) is 7.40. The molecule has 140 valence electrons. The van der Waals surface area contributed by atoms with Gasteiger partial charge >= 0.3 is 0 Å². The van der Waals surface area contributed by atoms with E-state index >= 15 is 0 Å². The SMILES string of the molecule is Cn1c([C@H]2CCCCN2C(=O)Cc2c(F)cccc2Cl)nc2ccccc21. The predicted octanol–water partition coefficient (Wildman–Crippen LogP) is 4.66. The molecule has 1 fully saturated rings. The number of aromatic nitrogens is 2. The second kappa shape index (κ2) is 7.31. The van der Waals surface area contributed by atoms with E-state index < -0.39 is 5.82 Å². The molecule has 0 N–H and O–H groups in total. The number of aryl methyl sites for hydroxylation is 1. The number of fused-ring (bicyclic) bond motifs is 1. The fraction of sp³-hybridized carbons (Fsp3) is 0.333. The van der Waals surface area contributed by atoms with Crippen LogP contribution < -0.4 is 0 Å². The highest BCUT2D eigenvalue weighted by atomic mass is 35.5. The van der Waals surface area contributed by atoms with Gasteiger partial charge in [0.1, 0.15) is 11.6 Å². The summed E-state index contributed by atoms with van der Waals surface area (Å²) in [6, 6.07) is 12.4. The third-order valence-corrected chi connectivity index (χ3v) is 5.69. The van der Waals surface area contributed by atoms with Gasteiger partial charge in [-0.3, -0.25) is 4.79 Å². The number of amides is 1. The molecular weight excluding hydrogens is 365 g/mol. The molecule has 0 spiro atoms. The lowest BCUT2D eigenvalue weighted by atomic mass is 10.00. The van der Waals surface area contributed by atoms with Crippen LogP contribution in [0.1, 0.15) is 36.7 Å². The summed E-state index contributed by atoms with van der Waals surface area (Å²) in [5, 5.41) is 0.291. The van der Waals surface area contributed by atoms with Crippen molar-refractivity contribution in [2.24, 2.45) is 7.05 Å². The minimum absolute atomic E-state index is 0.0358. The van der Waals surface area contributed by atoms with Crippen LogP contribution in [-0.4, -0.2) is 26.9 Å². The first-order chi connectivity index (χ1) is 13.1. The number of nitrogens with zero attached hydrogens (tertiary/aromatic N) is 3. The maximum atomic E-state index is 14.1. The van der Waals surface area contributed by atoms with E-state index in [1.807, 2.05) is 36.2 Å². The summed E-state index contributed by atoms with van der Waals surface area (Å²) in [5.74, 6) is 0.328. The van der Waals surface area contributed by atoms with Gasteiger partial charge in [0.15, 0.2) is 0 Å². The number of halogens is 2. The van der Waals surface area contributed by atoms with Gasteiger partial charge in [0.2, 0.25) is 5.91 Å². The Balaban J connectivity index is 1.66. The van der Waals surface area contributed by atoms with Gasteiger partial charge < -0.3 is 9.47 Å². The molecule has 6 heteroatoms. The predicted molar refractivity (Wildman–Crippen MR) is 104 cm³/mol. The number of carbonyl (C=O) groups is 1. The molecule has 0 unspecified atom stereocenters. The zero-order chi connectivity index (χ0) is 19.0. The Morgan fingerprint density at radius 3 is 2.81 bits per heavy atom. The van der Waals surface area contributed by atoms with Crippen LogP contribution in [0, 0.1) is 5.82 Å². The van der Waals surface area contributed by atoms with Crippen molar-refractivity contribution < 1.29 is 9.18 Å². The highest BCUT2D eigenvalue weighted by molar-refractivity contribution is 6.31. The molecule has 1 amide bonds. The lowest BCUT2D eigenvalue weighted by molar-refractivity contribution is -0.134. The number of carbonyl (C=O) groups excluding carboxylic acids is 1. The smallest absolute Gasteiger partial charge is 0.227 e. The molecule has 1 aliphatic rings. The van der Waals surface area contributed by atoms with Crippen molar-refractivity contribution in [2.45, 2.75) is 31.7 Å². The number of piperidine rings is 1. The fourth-order valence-electron chi connectivity index (χ4n) is 3.91. The summed E-state index contributed by atoms with van der Waals surface area (Å²) in [5.41, 5.74) is 2.23. The molecule has 3 aromatic rings. The molecule has 0 bridgehead atoms. The Bertz CT molecular complexity index is 980. The van der Waals surface area contributed by atoms with Crippen LogP contribution in [0.2, 0.25) is 5.02 Å². The molecular formula is C21H21ClFN3O. The lowest BCUT2D eigenvalue weighted by Crippen LogP contribution is -2.40. The molecule has 0 saturated carbocycles. The minimum atomic E-state index is -0.438. The summed E-state index contributed by atoms with van der Waals surface area (Å²) in [7, 11) is 1.98. The largest absolute Gasteiger partial charge is 0.332 e. The zero-order valence-electron chi connectivity index (χ0n) is 15.2. The van der Waals surface area contributed by atoms with E-state index in [0.717, 1.165) is 36.1 Å². The standard InChI is InChI=1S/C21H21ClFN3O/c1-25-18-10-3-2-9-17(18)24-21(25)19-11-4-5-12-26(19)20(27)13-14-15(22)7-6-8-16(14)23/h2-3,6-10,19H,4-5,11-13H2,1H3/t19-/m1/s1. The van der Waals surface area contributed by atoms with E-state index in [0.29, 0.717) is 11.6 Å². The van der Waals surface area contributed by atoms with E-state index in [2.05, 4.69) is 4.57 Å². The molecule has 4 nitrogen and oxygen atoms in total. The zero-order valence-corrected chi connectivity index (χ0v) is 15.9. The number of hydrogen-bond donors (Lipinski definition) is 0. The molecule has 2 aromatic carbocycles. The molecule has 0 aliphatic carbocycles. The molecule has 1 aliphatic heterocycles. The molecule has 1 aromatic heterocycles. The van der Waals surface area contributed by atoms with Crippen molar-refractivity contribution in [1.29, 1.82) is 0 Å². The van der Waals surface area contributed by atoms with Crippen LogP contribution in [0.25, 0.3) is 11.0 Å². The average molecular weight is 386 g/mol. The Morgan fingerprint density at radius 1 is 1.22 bits per heavy atom. The van der Waals surface area contributed by atoms with Crippen molar-refractivity contribution in [3.63, 3.8) is 0 Å². The van der Waals surface area contributed by atoms with Crippen molar-refractivity contribution in [2.75, 3.05) is 6.54 Å². The van der Waals surface area contributed by atoms with E-state index in [1.54, 1.807) is 12.1 Å².